The first-order valence-corrected chi connectivity index (χ1v) is 11.1. The first-order chi connectivity index (χ1) is 15.7. The minimum absolute atomic E-state index is 0.157. The Morgan fingerprint density at radius 2 is 1.44 bits per heavy atom. The van der Waals surface area contributed by atoms with Gasteiger partial charge in [0.25, 0.3) is 0 Å². The van der Waals surface area contributed by atoms with Gasteiger partial charge < -0.3 is 15.4 Å². The first-order valence-electron chi connectivity index (χ1n) is 11.1. The van der Waals surface area contributed by atoms with Crippen molar-refractivity contribution in [3.8, 4) is 0 Å². The van der Waals surface area contributed by atoms with Crippen molar-refractivity contribution in [3.05, 3.63) is 108 Å². The lowest BCUT2D eigenvalue weighted by Crippen LogP contribution is -2.51. The lowest BCUT2D eigenvalue weighted by Gasteiger charge is -2.28. The minimum atomic E-state index is -0.849. The second-order valence-electron chi connectivity index (χ2n) is 8.03. The normalized spacial score (nSPS) is 16.5. The van der Waals surface area contributed by atoms with Crippen molar-refractivity contribution in [3.63, 3.8) is 0 Å². The van der Waals surface area contributed by atoms with E-state index in [1.165, 1.54) is 0 Å². The number of ether oxygens (including phenoxy) is 1. The number of nitrogens with one attached hydrogen (secondary N) is 2. The molecule has 0 bridgehead atoms. The lowest BCUT2D eigenvalue weighted by atomic mass is 9.84. The molecule has 0 radical (unpaired) electrons. The Hall–Kier alpha value is -3.44. The molecule has 1 aliphatic heterocycles. The van der Waals surface area contributed by atoms with Gasteiger partial charge in [-0.2, -0.15) is 0 Å². The standard InChI is InChI=1S/C27H28N2O3/c30-26(23-17-10-18-28-23)29-25(27(31)32-19-20-11-4-1-5-12-20)24(21-13-6-2-7-14-21)22-15-8-3-9-16-22/h1-9,11-16,23-25,28H,10,17-19H2,(H,29,30)/t23-,25?/m0/s1. The maximum atomic E-state index is 13.4. The summed E-state index contributed by atoms with van der Waals surface area (Å²) in [4.78, 5) is 26.4. The number of carbonyl (C=O) groups excluding carboxylic acids is 2. The van der Waals surface area contributed by atoms with Crippen LogP contribution in [0.1, 0.15) is 35.4 Å². The van der Waals surface area contributed by atoms with E-state index in [9.17, 15) is 9.59 Å². The second kappa shape index (κ2) is 10.7. The summed E-state index contributed by atoms with van der Waals surface area (Å²) < 4.78 is 5.70. The second-order valence-corrected chi connectivity index (χ2v) is 8.03. The average molecular weight is 429 g/mol. The predicted octanol–water partition coefficient (Wildman–Crippen LogP) is 3.80. The van der Waals surface area contributed by atoms with Crippen molar-refractivity contribution in [2.45, 2.75) is 37.5 Å². The van der Waals surface area contributed by atoms with Crippen LogP contribution in [0, 0.1) is 0 Å². The topological polar surface area (TPSA) is 67.4 Å². The summed E-state index contributed by atoms with van der Waals surface area (Å²) in [6.45, 7) is 0.964. The molecule has 32 heavy (non-hydrogen) atoms. The van der Waals surface area contributed by atoms with Gasteiger partial charge in [-0.3, -0.25) is 4.79 Å². The summed E-state index contributed by atoms with van der Waals surface area (Å²) in [5.41, 5.74) is 2.79. The molecule has 1 unspecified atom stereocenters. The maximum absolute atomic E-state index is 13.4. The molecule has 2 atom stereocenters. The highest BCUT2D eigenvalue weighted by molar-refractivity contribution is 5.88. The van der Waals surface area contributed by atoms with Crippen molar-refractivity contribution >= 4 is 11.9 Å². The van der Waals surface area contributed by atoms with E-state index in [0.29, 0.717) is 0 Å². The molecule has 5 heteroatoms. The molecule has 1 saturated heterocycles. The monoisotopic (exact) mass is 428 g/mol. The van der Waals surface area contributed by atoms with E-state index in [1.807, 2.05) is 91.0 Å². The molecule has 1 fully saturated rings. The molecular formula is C27H28N2O3. The Balaban J connectivity index is 1.64. The van der Waals surface area contributed by atoms with E-state index < -0.39 is 12.0 Å². The number of hydrogen-bond acceptors (Lipinski definition) is 4. The molecule has 164 valence electrons. The van der Waals surface area contributed by atoms with Gasteiger partial charge in [0, 0.05) is 5.92 Å². The zero-order chi connectivity index (χ0) is 22.2. The molecule has 0 saturated carbocycles. The molecule has 5 nitrogen and oxygen atoms in total. The van der Waals surface area contributed by atoms with E-state index in [4.69, 9.17) is 4.74 Å². The third kappa shape index (κ3) is 5.42. The zero-order valence-corrected chi connectivity index (χ0v) is 17.9. The molecule has 0 aromatic heterocycles. The SMILES string of the molecule is O=C(OCc1ccccc1)C(NC(=O)[C@@H]1CCCN1)C(c1ccccc1)c1ccccc1. The van der Waals surface area contributed by atoms with Crippen LogP contribution in [0.25, 0.3) is 0 Å². The van der Waals surface area contributed by atoms with Crippen LogP contribution in [-0.4, -0.2) is 30.5 Å². The van der Waals surface area contributed by atoms with E-state index in [-0.39, 0.29) is 24.5 Å². The molecule has 0 aliphatic carbocycles. The number of rotatable bonds is 8. The van der Waals surface area contributed by atoms with E-state index in [2.05, 4.69) is 10.6 Å². The highest BCUT2D eigenvalue weighted by atomic mass is 16.5. The van der Waals surface area contributed by atoms with Gasteiger partial charge in [-0.25, -0.2) is 4.79 Å². The van der Waals surface area contributed by atoms with Crippen LogP contribution < -0.4 is 10.6 Å². The molecule has 4 rings (SSSR count). The lowest BCUT2D eigenvalue weighted by molar-refractivity contribution is -0.149. The number of benzene rings is 3. The Labute approximate surface area is 188 Å². The van der Waals surface area contributed by atoms with Gasteiger partial charge in [-0.05, 0) is 36.1 Å². The third-order valence-electron chi connectivity index (χ3n) is 5.80. The predicted molar refractivity (Wildman–Crippen MR) is 124 cm³/mol. The molecular weight excluding hydrogens is 400 g/mol. The van der Waals surface area contributed by atoms with E-state index >= 15 is 0 Å². The molecule has 1 amide bonds. The summed E-state index contributed by atoms with van der Waals surface area (Å²) >= 11 is 0. The molecule has 3 aromatic carbocycles. The quantitative estimate of drug-likeness (QED) is 0.536. The van der Waals surface area contributed by atoms with Crippen LogP contribution in [0.4, 0.5) is 0 Å². The van der Waals surface area contributed by atoms with Crippen LogP contribution >= 0.6 is 0 Å². The van der Waals surface area contributed by atoms with Gasteiger partial charge in [0.15, 0.2) is 0 Å². The average Bonchev–Trinajstić information content (AvgIpc) is 3.39. The van der Waals surface area contributed by atoms with E-state index in [1.54, 1.807) is 0 Å². The fraction of sp³-hybridized carbons (Fsp3) is 0.259. The highest BCUT2D eigenvalue weighted by Crippen LogP contribution is 2.29. The van der Waals surface area contributed by atoms with Crippen molar-refractivity contribution in [1.29, 1.82) is 0 Å². The van der Waals surface area contributed by atoms with Crippen molar-refractivity contribution in [2.24, 2.45) is 0 Å². The van der Waals surface area contributed by atoms with Crippen LogP contribution in [0.3, 0.4) is 0 Å². The Bertz CT molecular complexity index is 963. The Kier molecular flexibility index (Phi) is 7.31. The Morgan fingerprint density at radius 3 is 1.97 bits per heavy atom. The van der Waals surface area contributed by atoms with Gasteiger partial charge >= 0.3 is 5.97 Å². The van der Waals surface area contributed by atoms with Gasteiger partial charge in [-0.15, -0.1) is 0 Å². The molecule has 0 spiro atoms. The fourth-order valence-electron chi connectivity index (χ4n) is 4.16. The molecule has 1 aliphatic rings. The number of amides is 1. The summed E-state index contributed by atoms with van der Waals surface area (Å²) in [7, 11) is 0. The van der Waals surface area contributed by atoms with Crippen molar-refractivity contribution in [1.82, 2.24) is 10.6 Å². The third-order valence-corrected chi connectivity index (χ3v) is 5.80. The summed E-state index contributed by atoms with van der Waals surface area (Å²) in [6, 6.07) is 28.0. The van der Waals surface area contributed by atoms with Gasteiger partial charge in [0.1, 0.15) is 12.6 Å². The molecule has 2 N–H and O–H groups in total. The van der Waals surface area contributed by atoms with Crippen LogP contribution in [-0.2, 0) is 20.9 Å². The fourth-order valence-corrected chi connectivity index (χ4v) is 4.16. The summed E-state index contributed by atoms with van der Waals surface area (Å²) in [6.07, 6.45) is 1.71. The van der Waals surface area contributed by atoms with Crippen LogP contribution in [0.2, 0.25) is 0 Å². The number of carbonyl (C=O) groups is 2. The van der Waals surface area contributed by atoms with E-state index in [0.717, 1.165) is 36.1 Å². The summed E-state index contributed by atoms with van der Waals surface area (Å²) in [5.74, 6) is -0.982. The molecule has 1 heterocycles. The number of hydrogen-bond donors (Lipinski definition) is 2. The summed E-state index contributed by atoms with van der Waals surface area (Å²) in [5, 5.41) is 6.23. The maximum Gasteiger partial charge on any atom is 0.329 e. The van der Waals surface area contributed by atoms with Crippen molar-refractivity contribution < 1.29 is 14.3 Å². The molecule has 3 aromatic rings. The van der Waals surface area contributed by atoms with Crippen LogP contribution in [0.5, 0.6) is 0 Å². The smallest absolute Gasteiger partial charge is 0.329 e. The van der Waals surface area contributed by atoms with Crippen molar-refractivity contribution in [2.75, 3.05) is 6.54 Å². The first kappa shape index (κ1) is 21.8. The van der Waals surface area contributed by atoms with Crippen LogP contribution in [0.15, 0.2) is 91.0 Å². The minimum Gasteiger partial charge on any atom is -0.459 e. The number of esters is 1. The van der Waals surface area contributed by atoms with Gasteiger partial charge in [0.2, 0.25) is 5.91 Å². The van der Waals surface area contributed by atoms with Gasteiger partial charge in [-0.1, -0.05) is 91.0 Å². The zero-order valence-electron chi connectivity index (χ0n) is 17.9. The Morgan fingerprint density at radius 1 is 0.875 bits per heavy atom. The largest absolute Gasteiger partial charge is 0.459 e. The van der Waals surface area contributed by atoms with Gasteiger partial charge in [0.05, 0.1) is 6.04 Å². The highest BCUT2D eigenvalue weighted by Gasteiger charge is 2.35.